The molecule has 0 bridgehead atoms. The summed E-state index contributed by atoms with van der Waals surface area (Å²) >= 11 is 0. The van der Waals surface area contributed by atoms with Crippen molar-refractivity contribution in [2.45, 2.75) is 25.3 Å². The minimum atomic E-state index is -0.558. The summed E-state index contributed by atoms with van der Waals surface area (Å²) in [4.78, 5) is 49.2. The van der Waals surface area contributed by atoms with E-state index in [1.165, 1.54) is 4.90 Å². The Balaban J connectivity index is 1.82. The smallest absolute Gasteiger partial charge is 0.328 e. The highest BCUT2D eigenvalue weighted by molar-refractivity contribution is 6.09. The summed E-state index contributed by atoms with van der Waals surface area (Å²) in [5.41, 5.74) is 6.15. The zero-order valence-electron chi connectivity index (χ0n) is 14.1. The number of benzene rings is 1. The average molecular weight is 356 g/mol. The van der Waals surface area contributed by atoms with Crippen LogP contribution in [0.1, 0.15) is 29.6 Å². The third kappa shape index (κ3) is 3.58. The summed E-state index contributed by atoms with van der Waals surface area (Å²) in [5.74, 6) is -1.66. The maximum absolute atomic E-state index is 12.8. The van der Waals surface area contributed by atoms with Crippen LogP contribution in [0.5, 0.6) is 0 Å². The Hall–Kier alpha value is -3.16. The molecule has 5 amide bonds. The predicted molar refractivity (Wildman–Crippen MR) is 94.3 cm³/mol. The van der Waals surface area contributed by atoms with Crippen molar-refractivity contribution < 1.29 is 19.2 Å². The number of nitrogens with two attached hydrogens (primary N) is 1. The molecule has 1 heterocycles. The fourth-order valence-corrected chi connectivity index (χ4v) is 3.23. The maximum Gasteiger partial charge on any atom is 0.328 e. The van der Waals surface area contributed by atoms with Crippen LogP contribution in [-0.2, 0) is 9.59 Å². The normalized spacial score (nSPS) is 22.7. The van der Waals surface area contributed by atoms with Crippen LogP contribution in [0.3, 0.4) is 0 Å². The monoisotopic (exact) mass is 356 g/mol. The molecule has 1 saturated heterocycles. The number of carbonyl (C=O) groups is 4. The van der Waals surface area contributed by atoms with Gasteiger partial charge in [-0.2, -0.15) is 0 Å². The second-order valence-electron chi connectivity index (χ2n) is 6.30. The van der Waals surface area contributed by atoms with E-state index in [-0.39, 0.29) is 18.9 Å². The van der Waals surface area contributed by atoms with Crippen LogP contribution in [0.15, 0.2) is 36.4 Å². The minimum Gasteiger partial charge on any atom is -0.369 e. The molecule has 1 aliphatic carbocycles. The molecule has 0 unspecified atom stereocenters. The molecule has 0 aromatic heterocycles. The number of imide groups is 1. The number of para-hydroxylation sites is 1. The third-order valence-corrected chi connectivity index (χ3v) is 4.61. The third-order valence-electron chi connectivity index (χ3n) is 4.61. The van der Waals surface area contributed by atoms with Crippen LogP contribution < -0.4 is 21.3 Å². The fraction of sp³-hybridized carbons (Fsp3) is 0.333. The van der Waals surface area contributed by atoms with Gasteiger partial charge in [-0.1, -0.05) is 24.3 Å². The molecule has 1 fully saturated rings. The lowest BCUT2D eigenvalue weighted by Gasteiger charge is -2.30. The number of allylic oxidation sites excluding steroid dienone is 1. The quantitative estimate of drug-likeness (QED) is 0.687. The number of hydrogen-bond acceptors (Lipinski definition) is 4. The molecule has 2 atom stereocenters. The topological polar surface area (TPSA) is 122 Å². The van der Waals surface area contributed by atoms with E-state index in [0.29, 0.717) is 24.1 Å². The van der Waals surface area contributed by atoms with Crippen molar-refractivity contribution in [1.82, 2.24) is 10.6 Å². The molecule has 8 heteroatoms. The van der Waals surface area contributed by atoms with Crippen molar-refractivity contribution in [2.75, 3.05) is 11.4 Å². The van der Waals surface area contributed by atoms with Crippen molar-refractivity contribution in [3.05, 3.63) is 42.0 Å². The summed E-state index contributed by atoms with van der Waals surface area (Å²) in [6.07, 6.45) is 4.94. The van der Waals surface area contributed by atoms with Crippen molar-refractivity contribution in [3.63, 3.8) is 0 Å². The number of carbonyl (C=O) groups excluding carboxylic acids is 4. The lowest BCUT2D eigenvalue weighted by atomic mass is 9.88. The lowest BCUT2D eigenvalue weighted by Crippen LogP contribution is -2.50. The van der Waals surface area contributed by atoms with E-state index >= 15 is 0 Å². The molecular weight excluding hydrogens is 336 g/mol. The van der Waals surface area contributed by atoms with Gasteiger partial charge < -0.3 is 11.1 Å². The van der Waals surface area contributed by atoms with Crippen molar-refractivity contribution in [1.29, 1.82) is 0 Å². The van der Waals surface area contributed by atoms with Gasteiger partial charge in [0.25, 0.3) is 5.91 Å². The van der Waals surface area contributed by atoms with Crippen LogP contribution >= 0.6 is 0 Å². The Morgan fingerprint density at radius 1 is 1.15 bits per heavy atom. The van der Waals surface area contributed by atoms with Crippen LogP contribution in [0.2, 0.25) is 0 Å². The lowest BCUT2D eigenvalue weighted by molar-refractivity contribution is -0.122. The van der Waals surface area contributed by atoms with Gasteiger partial charge in [0.05, 0.1) is 17.2 Å². The first-order chi connectivity index (χ1) is 12.5. The van der Waals surface area contributed by atoms with E-state index in [9.17, 15) is 19.2 Å². The molecule has 0 spiro atoms. The Morgan fingerprint density at radius 2 is 1.88 bits per heavy atom. The number of nitrogens with one attached hydrogen (secondary N) is 2. The van der Waals surface area contributed by atoms with Crippen LogP contribution in [-0.4, -0.2) is 36.3 Å². The van der Waals surface area contributed by atoms with Crippen molar-refractivity contribution in [3.8, 4) is 0 Å². The van der Waals surface area contributed by atoms with Gasteiger partial charge in [-0.3, -0.25) is 24.6 Å². The van der Waals surface area contributed by atoms with Gasteiger partial charge >= 0.3 is 6.03 Å². The van der Waals surface area contributed by atoms with E-state index in [2.05, 4.69) is 10.6 Å². The van der Waals surface area contributed by atoms with Crippen LogP contribution in [0, 0.1) is 5.92 Å². The second kappa shape index (κ2) is 7.38. The van der Waals surface area contributed by atoms with Gasteiger partial charge in [0.15, 0.2) is 0 Å². The Kier molecular flexibility index (Phi) is 5.01. The zero-order valence-corrected chi connectivity index (χ0v) is 14.1. The fourth-order valence-electron chi connectivity index (χ4n) is 3.23. The maximum atomic E-state index is 12.8. The second-order valence-corrected chi connectivity index (χ2v) is 6.30. The SMILES string of the molecule is NC(=O)[C@@H]1CC=CC[C@@H]1NC(=O)c1ccccc1N1CCC(=O)NC1=O. The molecule has 0 saturated carbocycles. The molecule has 136 valence electrons. The summed E-state index contributed by atoms with van der Waals surface area (Å²) in [6, 6.07) is 5.71. The van der Waals surface area contributed by atoms with Gasteiger partial charge in [0.1, 0.15) is 0 Å². The van der Waals surface area contributed by atoms with E-state index in [1.54, 1.807) is 24.3 Å². The molecule has 26 heavy (non-hydrogen) atoms. The number of hydrogen-bond donors (Lipinski definition) is 3. The van der Waals surface area contributed by atoms with E-state index in [4.69, 9.17) is 5.73 Å². The molecule has 8 nitrogen and oxygen atoms in total. The first kappa shape index (κ1) is 17.7. The van der Waals surface area contributed by atoms with Crippen molar-refractivity contribution in [2.24, 2.45) is 11.7 Å². The predicted octanol–water partition coefficient (Wildman–Crippen LogP) is 0.683. The van der Waals surface area contributed by atoms with Crippen LogP contribution in [0.4, 0.5) is 10.5 Å². The Morgan fingerprint density at radius 3 is 2.62 bits per heavy atom. The van der Waals surface area contributed by atoms with Gasteiger partial charge in [-0.25, -0.2) is 4.79 Å². The molecule has 4 N–H and O–H groups in total. The van der Waals surface area contributed by atoms with Gasteiger partial charge in [0.2, 0.25) is 11.8 Å². The molecule has 1 aromatic rings. The Bertz CT molecular complexity index is 789. The van der Waals surface area contributed by atoms with Crippen LogP contribution in [0.25, 0.3) is 0 Å². The standard InChI is InChI=1S/C18H20N4O4/c19-16(24)11-5-1-3-7-13(11)20-17(25)12-6-2-4-8-14(12)22-10-9-15(23)21-18(22)26/h1-4,6,8,11,13H,5,7,9-10H2,(H2,19,24)(H,20,25)(H,21,23,26)/t11-,13+/m1/s1. The minimum absolute atomic E-state index is 0.166. The van der Waals surface area contributed by atoms with E-state index in [0.717, 1.165) is 0 Å². The summed E-state index contributed by atoms with van der Waals surface area (Å²) < 4.78 is 0. The van der Waals surface area contributed by atoms with E-state index in [1.807, 2.05) is 12.2 Å². The molecule has 2 aliphatic rings. The van der Waals surface area contributed by atoms with Crippen molar-refractivity contribution >= 4 is 29.4 Å². The summed E-state index contributed by atoms with van der Waals surface area (Å²) in [7, 11) is 0. The highest BCUT2D eigenvalue weighted by atomic mass is 16.2. The highest BCUT2D eigenvalue weighted by Gasteiger charge is 2.31. The first-order valence-corrected chi connectivity index (χ1v) is 8.43. The number of nitrogens with zero attached hydrogens (tertiary/aromatic N) is 1. The van der Waals surface area contributed by atoms with Gasteiger partial charge in [-0.05, 0) is 25.0 Å². The van der Waals surface area contributed by atoms with Gasteiger partial charge in [-0.15, -0.1) is 0 Å². The number of amides is 5. The first-order valence-electron chi connectivity index (χ1n) is 8.43. The number of rotatable bonds is 4. The number of primary amides is 1. The highest BCUT2D eigenvalue weighted by Crippen LogP contribution is 2.24. The average Bonchev–Trinajstić information content (AvgIpc) is 2.62. The summed E-state index contributed by atoms with van der Waals surface area (Å²) in [6.45, 7) is 0.199. The molecule has 0 radical (unpaired) electrons. The van der Waals surface area contributed by atoms with Gasteiger partial charge in [0, 0.05) is 19.0 Å². The molecule has 3 rings (SSSR count). The number of urea groups is 1. The van der Waals surface area contributed by atoms with E-state index < -0.39 is 29.8 Å². The molecular formula is C18H20N4O4. The summed E-state index contributed by atoms with van der Waals surface area (Å²) in [5, 5.41) is 5.10. The molecule has 1 aromatic carbocycles. The number of anilines is 1. The Labute approximate surface area is 150 Å². The largest absolute Gasteiger partial charge is 0.369 e. The molecule has 1 aliphatic heterocycles. The zero-order chi connectivity index (χ0) is 18.7.